The molecule has 2 unspecified atom stereocenters. The van der Waals surface area contributed by atoms with Gasteiger partial charge in [0.2, 0.25) is 0 Å². The van der Waals surface area contributed by atoms with Gasteiger partial charge in [-0.15, -0.1) is 0 Å². The Labute approximate surface area is 108 Å². The van der Waals surface area contributed by atoms with Crippen LogP contribution in [-0.4, -0.2) is 13.2 Å². The van der Waals surface area contributed by atoms with E-state index in [0.29, 0.717) is 10.2 Å². The lowest BCUT2D eigenvalue weighted by molar-refractivity contribution is 0.0269. The molecule has 0 fully saturated rings. The van der Waals surface area contributed by atoms with Crippen LogP contribution in [0, 0.1) is 5.82 Å². The van der Waals surface area contributed by atoms with E-state index in [-0.39, 0.29) is 18.0 Å². The largest absolute Gasteiger partial charge is 0.488 e. The first-order valence-electron chi connectivity index (χ1n) is 5.61. The van der Waals surface area contributed by atoms with Crippen LogP contribution in [-0.2, 0) is 4.84 Å². The number of hydrogen-bond donors (Lipinski definition) is 1. The lowest BCUT2D eigenvalue weighted by Crippen LogP contribution is -2.30. The molecule has 0 aromatic heterocycles. The summed E-state index contributed by atoms with van der Waals surface area (Å²) in [5.74, 6) is 0.429. The Morgan fingerprint density at radius 2 is 2.29 bits per heavy atom. The van der Waals surface area contributed by atoms with Gasteiger partial charge in [0.25, 0.3) is 0 Å². The molecule has 1 aromatic carbocycles. The summed E-state index contributed by atoms with van der Waals surface area (Å²) in [7, 11) is 1.55. The monoisotopic (exact) mass is 303 g/mol. The molecular formula is C12H15BrFNO2. The molecule has 5 heteroatoms. The van der Waals surface area contributed by atoms with Crippen molar-refractivity contribution < 1.29 is 14.0 Å². The van der Waals surface area contributed by atoms with Crippen molar-refractivity contribution in [1.82, 2.24) is 5.48 Å². The molecule has 1 aliphatic rings. The molecule has 3 nitrogen and oxygen atoms in total. The second kappa shape index (κ2) is 5.33. The summed E-state index contributed by atoms with van der Waals surface area (Å²) in [6.07, 6.45) is 1.89. The standard InChI is InChI=1S/C12H15BrFNO2/c1-3-4-10-12(15-16-2)7-5-9(14)8(13)6-11(7)17-10/h5-6,10,12,15H,3-4H2,1-2H3. The van der Waals surface area contributed by atoms with Gasteiger partial charge in [0.1, 0.15) is 17.7 Å². The minimum atomic E-state index is -0.285. The van der Waals surface area contributed by atoms with Crippen molar-refractivity contribution in [3.63, 3.8) is 0 Å². The first-order valence-corrected chi connectivity index (χ1v) is 6.40. The predicted molar refractivity (Wildman–Crippen MR) is 66.3 cm³/mol. The lowest BCUT2D eigenvalue weighted by atomic mass is 10.0. The predicted octanol–water partition coefficient (Wildman–Crippen LogP) is 3.34. The third-order valence-electron chi connectivity index (χ3n) is 2.86. The highest BCUT2D eigenvalue weighted by atomic mass is 79.9. The van der Waals surface area contributed by atoms with E-state index in [0.717, 1.165) is 18.4 Å². The van der Waals surface area contributed by atoms with Crippen molar-refractivity contribution in [1.29, 1.82) is 0 Å². The number of fused-ring (bicyclic) bond motifs is 1. The fourth-order valence-corrected chi connectivity index (χ4v) is 2.42. The fraction of sp³-hybridized carbons (Fsp3) is 0.500. The van der Waals surface area contributed by atoms with E-state index >= 15 is 0 Å². The van der Waals surface area contributed by atoms with Crippen LogP contribution in [0.4, 0.5) is 4.39 Å². The van der Waals surface area contributed by atoms with Crippen molar-refractivity contribution in [2.24, 2.45) is 0 Å². The Morgan fingerprint density at radius 1 is 1.53 bits per heavy atom. The molecule has 1 N–H and O–H groups in total. The molecule has 0 radical (unpaired) electrons. The molecule has 0 aliphatic carbocycles. The van der Waals surface area contributed by atoms with Crippen molar-refractivity contribution in [3.8, 4) is 5.75 Å². The maximum absolute atomic E-state index is 13.5. The lowest BCUT2D eigenvalue weighted by Gasteiger charge is -2.18. The zero-order valence-electron chi connectivity index (χ0n) is 9.80. The second-order valence-corrected chi connectivity index (χ2v) is 4.90. The molecule has 0 bridgehead atoms. The van der Waals surface area contributed by atoms with E-state index in [2.05, 4.69) is 28.3 Å². The van der Waals surface area contributed by atoms with Gasteiger partial charge in [-0.1, -0.05) is 13.3 Å². The summed E-state index contributed by atoms with van der Waals surface area (Å²) < 4.78 is 19.8. The van der Waals surface area contributed by atoms with Crippen molar-refractivity contribution in [2.45, 2.75) is 31.9 Å². The highest BCUT2D eigenvalue weighted by Gasteiger charge is 2.34. The van der Waals surface area contributed by atoms with Crippen LogP contribution in [0.2, 0.25) is 0 Å². The number of rotatable bonds is 4. The fourth-order valence-electron chi connectivity index (χ4n) is 2.10. The summed E-state index contributed by atoms with van der Waals surface area (Å²) >= 11 is 3.16. The molecule has 1 aromatic rings. The maximum atomic E-state index is 13.5. The van der Waals surface area contributed by atoms with Gasteiger partial charge >= 0.3 is 0 Å². The number of halogens is 2. The highest BCUT2D eigenvalue weighted by molar-refractivity contribution is 9.10. The average Bonchev–Trinajstić information content (AvgIpc) is 2.59. The molecule has 94 valence electrons. The van der Waals surface area contributed by atoms with Gasteiger partial charge in [0.05, 0.1) is 17.6 Å². The third-order valence-corrected chi connectivity index (χ3v) is 3.46. The van der Waals surface area contributed by atoms with Gasteiger partial charge in [-0.3, -0.25) is 0 Å². The number of benzene rings is 1. The quantitative estimate of drug-likeness (QED) is 0.865. The molecule has 0 amide bonds. The summed E-state index contributed by atoms with van der Waals surface area (Å²) in [5.41, 5.74) is 3.69. The summed E-state index contributed by atoms with van der Waals surface area (Å²) in [4.78, 5) is 4.97. The van der Waals surface area contributed by atoms with Gasteiger partial charge < -0.3 is 9.57 Å². The third kappa shape index (κ3) is 2.46. The first kappa shape index (κ1) is 12.8. The molecule has 1 heterocycles. The molecule has 2 atom stereocenters. The Bertz CT molecular complexity index is 414. The number of nitrogens with one attached hydrogen (secondary N) is 1. The summed E-state index contributed by atoms with van der Waals surface area (Å²) in [5, 5.41) is 0. The molecular weight excluding hydrogens is 289 g/mol. The molecule has 17 heavy (non-hydrogen) atoms. The Hall–Kier alpha value is -0.650. The van der Waals surface area contributed by atoms with Crippen LogP contribution in [0.25, 0.3) is 0 Å². The smallest absolute Gasteiger partial charge is 0.137 e. The van der Waals surface area contributed by atoms with E-state index in [9.17, 15) is 4.39 Å². The van der Waals surface area contributed by atoms with Crippen molar-refractivity contribution in [3.05, 3.63) is 28.0 Å². The van der Waals surface area contributed by atoms with Crippen molar-refractivity contribution >= 4 is 15.9 Å². The molecule has 0 spiro atoms. The van der Waals surface area contributed by atoms with Gasteiger partial charge in [0, 0.05) is 5.56 Å². The maximum Gasteiger partial charge on any atom is 0.137 e. The molecule has 2 rings (SSSR count). The first-order chi connectivity index (χ1) is 8.17. The Kier molecular flexibility index (Phi) is 4.01. The summed E-state index contributed by atoms with van der Waals surface area (Å²) in [6.45, 7) is 2.09. The normalized spacial score (nSPS) is 22.4. The van der Waals surface area contributed by atoms with E-state index in [4.69, 9.17) is 9.57 Å². The summed E-state index contributed by atoms with van der Waals surface area (Å²) in [6, 6.07) is 3.05. The van der Waals surface area contributed by atoms with Crippen LogP contribution in [0.15, 0.2) is 16.6 Å². The minimum absolute atomic E-state index is 0.0105. The topological polar surface area (TPSA) is 30.5 Å². The number of hydroxylamine groups is 1. The van der Waals surface area contributed by atoms with Crippen LogP contribution in [0.3, 0.4) is 0 Å². The highest BCUT2D eigenvalue weighted by Crippen LogP contribution is 2.40. The van der Waals surface area contributed by atoms with E-state index in [1.165, 1.54) is 6.07 Å². The van der Waals surface area contributed by atoms with E-state index < -0.39 is 0 Å². The number of hydrogen-bond acceptors (Lipinski definition) is 3. The molecule has 0 saturated carbocycles. The van der Waals surface area contributed by atoms with Gasteiger partial charge in [-0.05, 0) is 34.5 Å². The zero-order valence-corrected chi connectivity index (χ0v) is 11.4. The Balaban J connectivity index is 2.32. The Morgan fingerprint density at radius 3 is 2.94 bits per heavy atom. The molecule has 1 aliphatic heterocycles. The number of ether oxygens (including phenoxy) is 1. The van der Waals surface area contributed by atoms with E-state index in [1.807, 2.05) is 0 Å². The second-order valence-electron chi connectivity index (χ2n) is 4.05. The van der Waals surface area contributed by atoms with Crippen molar-refractivity contribution in [2.75, 3.05) is 7.11 Å². The van der Waals surface area contributed by atoms with E-state index in [1.54, 1.807) is 13.2 Å². The zero-order chi connectivity index (χ0) is 12.4. The molecule has 0 saturated heterocycles. The van der Waals surface area contributed by atoms with Crippen LogP contribution in [0.5, 0.6) is 5.75 Å². The van der Waals surface area contributed by atoms with Crippen LogP contribution < -0.4 is 10.2 Å². The van der Waals surface area contributed by atoms with Crippen LogP contribution in [0.1, 0.15) is 31.4 Å². The average molecular weight is 304 g/mol. The minimum Gasteiger partial charge on any atom is -0.488 e. The SMILES string of the molecule is CCCC1Oc2cc(Br)c(F)cc2C1NOC. The van der Waals surface area contributed by atoms with Gasteiger partial charge in [-0.2, -0.15) is 5.48 Å². The van der Waals surface area contributed by atoms with Gasteiger partial charge in [-0.25, -0.2) is 4.39 Å². The van der Waals surface area contributed by atoms with Crippen LogP contribution >= 0.6 is 15.9 Å². The van der Waals surface area contributed by atoms with Gasteiger partial charge in [0.15, 0.2) is 0 Å².